The molecule has 0 spiro atoms. The molecule has 2 saturated heterocycles. The lowest BCUT2D eigenvalue weighted by molar-refractivity contribution is -0.148. The quantitative estimate of drug-likeness (QED) is 0.755. The normalized spacial score (nSPS) is 30.0. The van der Waals surface area contributed by atoms with Gasteiger partial charge in [-0.25, -0.2) is 0 Å². The lowest BCUT2D eigenvalue weighted by Crippen LogP contribution is -2.53. The minimum absolute atomic E-state index is 0.0585. The first-order valence-electron chi connectivity index (χ1n) is 6.41. The zero-order chi connectivity index (χ0) is 12.3. The van der Waals surface area contributed by atoms with Crippen molar-refractivity contribution in [3.8, 4) is 0 Å². The molecule has 4 nitrogen and oxygen atoms in total. The third-order valence-corrected chi connectivity index (χ3v) is 3.84. The van der Waals surface area contributed by atoms with Crippen LogP contribution < -0.4 is 5.73 Å². The van der Waals surface area contributed by atoms with Gasteiger partial charge in [-0.05, 0) is 38.5 Å². The summed E-state index contributed by atoms with van der Waals surface area (Å²) >= 11 is 5.06. The summed E-state index contributed by atoms with van der Waals surface area (Å²) in [6.07, 6.45) is 5.73. The molecule has 2 atom stereocenters. The fourth-order valence-electron chi connectivity index (χ4n) is 2.61. The Morgan fingerprint density at radius 3 is 2.65 bits per heavy atom. The smallest absolute Gasteiger partial charge is 0.252 e. The number of likely N-dealkylation sites (tertiary alicyclic amines) is 1. The van der Waals surface area contributed by atoms with Gasteiger partial charge < -0.3 is 15.4 Å². The molecule has 2 N–H and O–H groups in total. The SMILES string of the molecule is NC(=S)C1CCCCN1C(=O)C1CCCCO1. The van der Waals surface area contributed by atoms with Gasteiger partial charge in [-0.2, -0.15) is 0 Å². The molecule has 0 aromatic carbocycles. The molecule has 0 aliphatic carbocycles. The van der Waals surface area contributed by atoms with E-state index in [1.54, 1.807) is 0 Å². The Balaban J connectivity index is 2.02. The molecular weight excluding hydrogens is 236 g/mol. The molecule has 0 bridgehead atoms. The van der Waals surface area contributed by atoms with Gasteiger partial charge in [0.15, 0.2) is 0 Å². The van der Waals surface area contributed by atoms with Crippen LogP contribution in [0.1, 0.15) is 38.5 Å². The van der Waals surface area contributed by atoms with E-state index in [0.717, 1.165) is 45.1 Å². The molecule has 0 aromatic rings. The molecule has 2 unspecified atom stereocenters. The van der Waals surface area contributed by atoms with Crippen molar-refractivity contribution < 1.29 is 9.53 Å². The molecule has 0 saturated carbocycles. The summed E-state index contributed by atoms with van der Waals surface area (Å²) in [5, 5.41) is 0. The predicted octanol–water partition coefficient (Wildman–Crippen LogP) is 1.22. The van der Waals surface area contributed by atoms with Crippen molar-refractivity contribution in [2.45, 2.75) is 50.7 Å². The van der Waals surface area contributed by atoms with Crippen LogP contribution >= 0.6 is 12.2 Å². The van der Waals surface area contributed by atoms with E-state index in [9.17, 15) is 4.79 Å². The highest BCUT2D eigenvalue weighted by Crippen LogP contribution is 2.22. The van der Waals surface area contributed by atoms with Crippen molar-refractivity contribution in [1.29, 1.82) is 0 Å². The lowest BCUT2D eigenvalue weighted by atomic mass is 10.00. The lowest BCUT2D eigenvalue weighted by Gasteiger charge is -2.37. The maximum absolute atomic E-state index is 12.4. The van der Waals surface area contributed by atoms with E-state index in [0.29, 0.717) is 11.6 Å². The molecular formula is C12H20N2O2S. The Hall–Kier alpha value is -0.680. The fourth-order valence-corrected chi connectivity index (χ4v) is 2.86. The van der Waals surface area contributed by atoms with Gasteiger partial charge in [0.05, 0.1) is 11.0 Å². The Morgan fingerprint density at radius 2 is 2.00 bits per heavy atom. The maximum atomic E-state index is 12.4. The molecule has 0 radical (unpaired) electrons. The average Bonchev–Trinajstić information content (AvgIpc) is 2.39. The topological polar surface area (TPSA) is 55.6 Å². The third-order valence-electron chi connectivity index (χ3n) is 3.57. The largest absolute Gasteiger partial charge is 0.392 e. The van der Waals surface area contributed by atoms with Crippen molar-refractivity contribution in [2.75, 3.05) is 13.2 Å². The number of rotatable bonds is 2. The fraction of sp³-hybridized carbons (Fsp3) is 0.833. The number of amides is 1. The Bertz CT molecular complexity index is 303. The number of hydrogen-bond acceptors (Lipinski definition) is 3. The zero-order valence-electron chi connectivity index (χ0n) is 10.1. The molecule has 2 heterocycles. The van der Waals surface area contributed by atoms with E-state index in [2.05, 4.69) is 0 Å². The molecule has 5 heteroatoms. The first kappa shape index (κ1) is 12.8. The van der Waals surface area contributed by atoms with E-state index in [-0.39, 0.29) is 18.1 Å². The molecule has 2 aliphatic rings. The van der Waals surface area contributed by atoms with Crippen LogP contribution in [-0.4, -0.2) is 41.1 Å². The zero-order valence-corrected chi connectivity index (χ0v) is 10.9. The predicted molar refractivity (Wildman–Crippen MR) is 69.7 cm³/mol. The molecule has 2 fully saturated rings. The van der Waals surface area contributed by atoms with E-state index in [1.807, 2.05) is 4.90 Å². The number of ether oxygens (including phenoxy) is 1. The third kappa shape index (κ3) is 2.96. The van der Waals surface area contributed by atoms with E-state index in [4.69, 9.17) is 22.7 Å². The summed E-state index contributed by atoms with van der Waals surface area (Å²) in [4.78, 5) is 14.6. The van der Waals surface area contributed by atoms with Crippen molar-refractivity contribution in [3.63, 3.8) is 0 Å². The highest BCUT2D eigenvalue weighted by Gasteiger charge is 2.33. The standard InChI is InChI=1S/C12H20N2O2S/c13-11(17)9-5-1-3-7-14(9)12(15)10-6-2-4-8-16-10/h9-10H,1-8H2,(H2,13,17). The van der Waals surface area contributed by atoms with E-state index >= 15 is 0 Å². The maximum Gasteiger partial charge on any atom is 0.252 e. The molecule has 2 rings (SSSR count). The van der Waals surface area contributed by atoms with Crippen LogP contribution in [-0.2, 0) is 9.53 Å². The van der Waals surface area contributed by atoms with Crippen LogP contribution in [0.15, 0.2) is 0 Å². The van der Waals surface area contributed by atoms with Gasteiger partial charge in [0.25, 0.3) is 5.91 Å². The van der Waals surface area contributed by atoms with Crippen LogP contribution in [0, 0.1) is 0 Å². The highest BCUT2D eigenvalue weighted by atomic mass is 32.1. The van der Waals surface area contributed by atoms with Crippen LogP contribution in [0.4, 0.5) is 0 Å². The van der Waals surface area contributed by atoms with Crippen molar-refractivity contribution >= 4 is 23.1 Å². The van der Waals surface area contributed by atoms with Gasteiger partial charge in [0.1, 0.15) is 6.10 Å². The highest BCUT2D eigenvalue weighted by molar-refractivity contribution is 7.80. The number of carbonyl (C=O) groups is 1. The number of nitrogens with two attached hydrogens (primary N) is 1. The first-order chi connectivity index (χ1) is 8.20. The number of piperidine rings is 1. The molecule has 96 valence electrons. The van der Waals surface area contributed by atoms with E-state index in [1.165, 1.54) is 0 Å². The molecule has 0 aromatic heterocycles. The number of thiocarbonyl (C=S) groups is 1. The minimum atomic E-state index is -0.265. The van der Waals surface area contributed by atoms with Crippen molar-refractivity contribution in [2.24, 2.45) is 5.73 Å². The Labute approximate surface area is 107 Å². The summed E-state index contributed by atoms with van der Waals surface area (Å²) in [7, 11) is 0. The first-order valence-corrected chi connectivity index (χ1v) is 6.82. The van der Waals surface area contributed by atoms with Crippen molar-refractivity contribution in [1.82, 2.24) is 4.90 Å². The van der Waals surface area contributed by atoms with Crippen LogP contribution in [0.25, 0.3) is 0 Å². The van der Waals surface area contributed by atoms with Gasteiger partial charge in [-0.15, -0.1) is 0 Å². The molecule has 1 amide bonds. The van der Waals surface area contributed by atoms with Crippen LogP contribution in [0.3, 0.4) is 0 Å². The summed E-state index contributed by atoms with van der Waals surface area (Å²) in [6, 6.07) is -0.0585. The summed E-state index contributed by atoms with van der Waals surface area (Å²) < 4.78 is 5.55. The average molecular weight is 256 g/mol. The Kier molecular flexibility index (Phi) is 4.34. The Morgan fingerprint density at radius 1 is 1.24 bits per heavy atom. The number of nitrogens with zero attached hydrogens (tertiary/aromatic N) is 1. The van der Waals surface area contributed by atoms with Gasteiger partial charge >= 0.3 is 0 Å². The number of hydrogen-bond donors (Lipinski definition) is 1. The van der Waals surface area contributed by atoms with Crippen LogP contribution in [0.5, 0.6) is 0 Å². The molecule has 2 aliphatic heterocycles. The van der Waals surface area contributed by atoms with Gasteiger partial charge in [0, 0.05) is 13.2 Å². The summed E-state index contributed by atoms with van der Waals surface area (Å²) in [6.45, 7) is 1.46. The second-order valence-electron chi connectivity index (χ2n) is 4.80. The second-order valence-corrected chi connectivity index (χ2v) is 5.27. The number of carbonyl (C=O) groups excluding carboxylic acids is 1. The monoisotopic (exact) mass is 256 g/mol. The molecule has 17 heavy (non-hydrogen) atoms. The second kappa shape index (κ2) is 5.78. The van der Waals surface area contributed by atoms with Gasteiger partial charge in [-0.3, -0.25) is 4.79 Å². The minimum Gasteiger partial charge on any atom is -0.392 e. The summed E-state index contributed by atoms with van der Waals surface area (Å²) in [5.41, 5.74) is 5.72. The van der Waals surface area contributed by atoms with E-state index < -0.39 is 0 Å². The van der Waals surface area contributed by atoms with Crippen LogP contribution in [0.2, 0.25) is 0 Å². The van der Waals surface area contributed by atoms with Gasteiger partial charge in [0.2, 0.25) is 0 Å². The van der Waals surface area contributed by atoms with Crippen molar-refractivity contribution in [3.05, 3.63) is 0 Å². The summed E-state index contributed by atoms with van der Waals surface area (Å²) in [5.74, 6) is 0.0854. The van der Waals surface area contributed by atoms with Gasteiger partial charge in [-0.1, -0.05) is 12.2 Å².